The summed E-state index contributed by atoms with van der Waals surface area (Å²) >= 11 is 9.42. The molecule has 0 atom stereocenters. The molecule has 0 unspecified atom stereocenters. The quantitative estimate of drug-likeness (QED) is 0.421. The van der Waals surface area contributed by atoms with Crippen LogP contribution in [0.25, 0.3) is 0 Å². The SMILES string of the molecule is NC(=O)CCCCc1[nH]ccc(=S)c1S. The maximum absolute atomic E-state index is 10.5. The van der Waals surface area contributed by atoms with E-state index in [2.05, 4.69) is 17.6 Å². The fourth-order valence-electron chi connectivity index (χ4n) is 1.31. The first-order valence-electron chi connectivity index (χ1n) is 4.79. The third-order valence-electron chi connectivity index (χ3n) is 2.11. The van der Waals surface area contributed by atoms with Crippen molar-refractivity contribution >= 4 is 30.8 Å². The molecule has 1 aromatic rings. The molecule has 1 heterocycles. The predicted molar refractivity (Wildman–Crippen MR) is 65.6 cm³/mol. The topological polar surface area (TPSA) is 58.9 Å². The van der Waals surface area contributed by atoms with Crippen LogP contribution in [0.1, 0.15) is 25.0 Å². The summed E-state index contributed by atoms with van der Waals surface area (Å²) in [7, 11) is 0. The normalized spacial score (nSPS) is 10.2. The summed E-state index contributed by atoms with van der Waals surface area (Å²) in [5.74, 6) is -0.248. The summed E-state index contributed by atoms with van der Waals surface area (Å²) in [6.07, 6.45) is 4.81. The lowest BCUT2D eigenvalue weighted by Crippen LogP contribution is -2.09. The average Bonchev–Trinajstić information content (AvgIpc) is 2.18. The van der Waals surface area contributed by atoms with Gasteiger partial charge in [-0.05, 0) is 25.3 Å². The zero-order chi connectivity index (χ0) is 11.3. The van der Waals surface area contributed by atoms with Gasteiger partial charge in [0, 0.05) is 23.2 Å². The number of aromatic nitrogens is 1. The maximum Gasteiger partial charge on any atom is 0.217 e. The Kier molecular flexibility index (Phi) is 4.84. The largest absolute Gasteiger partial charge is 0.370 e. The highest BCUT2D eigenvalue weighted by Gasteiger charge is 2.01. The van der Waals surface area contributed by atoms with E-state index in [4.69, 9.17) is 18.0 Å². The Morgan fingerprint density at radius 3 is 2.93 bits per heavy atom. The van der Waals surface area contributed by atoms with E-state index >= 15 is 0 Å². The highest BCUT2D eigenvalue weighted by atomic mass is 32.1. The average molecular weight is 242 g/mol. The van der Waals surface area contributed by atoms with E-state index in [1.807, 2.05) is 12.3 Å². The summed E-state index contributed by atoms with van der Waals surface area (Å²) < 4.78 is 0.752. The van der Waals surface area contributed by atoms with E-state index in [0.29, 0.717) is 6.42 Å². The summed E-state index contributed by atoms with van der Waals surface area (Å²) in [5.41, 5.74) is 6.07. The van der Waals surface area contributed by atoms with E-state index in [1.54, 1.807) is 0 Å². The first kappa shape index (κ1) is 12.3. The molecule has 0 radical (unpaired) electrons. The van der Waals surface area contributed by atoms with Crippen molar-refractivity contribution in [3.8, 4) is 0 Å². The van der Waals surface area contributed by atoms with Gasteiger partial charge < -0.3 is 10.7 Å². The molecule has 3 N–H and O–H groups in total. The molecule has 1 rings (SSSR count). The number of nitrogens with one attached hydrogen (secondary N) is 1. The lowest BCUT2D eigenvalue weighted by Gasteiger charge is -2.04. The van der Waals surface area contributed by atoms with Gasteiger partial charge in [-0.1, -0.05) is 12.2 Å². The monoisotopic (exact) mass is 242 g/mol. The molecule has 82 valence electrons. The zero-order valence-electron chi connectivity index (χ0n) is 8.32. The Morgan fingerprint density at radius 1 is 1.53 bits per heavy atom. The molecule has 0 saturated carbocycles. The van der Waals surface area contributed by atoms with Crippen molar-refractivity contribution < 1.29 is 4.79 Å². The summed E-state index contributed by atoms with van der Waals surface area (Å²) in [6, 6.07) is 1.81. The molecule has 15 heavy (non-hydrogen) atoms. The van der Waals surface area contributed by atoms with Crippen molar-refractivity contribution in [3.05, 3.63) is 22.5 Å². The van der Waals surface area contributed by atoms with Crippen molar-refractivity contribution in [2.45, 2.75) is 30.6 Å². The van der Waals surface area contributed by atoms with Gasteiger partial charge in [0.25, 0.3) is 0 Å². The number of amides is 1. The minimum Gasteiger partial charge on any atom is -0.370 e. The number of pyridine rings is 1. The zero-order valence-corrected chi connectivity index (χ0v) is 10.0. The number of H-pyrrole nitrogens is 1. The lowest BCUT2D eigenvalue weighted by atomic mass is 10.1. The Bertz CT molecular complexity index is 401. The summed E-state index contributed by atoms with van der Waals surface area (Å²) in [4.78, 5) is 14.4. The van der Waals surface area contributed by atoms with Crippen LogP contribution >= 0.6 is 24.8 Å². The standard InChI is InChI=1S/C10H14N2OS2/c11-9(13)4-2-1-3-7-10(15)8(14)5-6-12-7/h5-6,15H,1-4H2,(H2,11,13)(H,12,14). The molecule has 0 fully saturated rings. The van der Waals surface area contributed by atoms with Crippen molar-refractivity contribution in [1.29, 1.82) is 0 Å². The number of nitrogens with two attached hydrogens (primary N) is 1. The Morgan fingerprint density at radius 2 is 2.27 bits per heavy atom. The smallest absolute Gasteiger partial charge is 0.217 e. The van der Waals surface area contributed by atoms with Crippen LogP contribution in [0.3, 0.4) is 0 Å². The van der Waals surface area contributed by atoms with E-state index in [-0.39, 0.29) is 5.91 Å². The molecule has 0 spiro atoms. The molecular weight excluding hydrogens is 228 g/mol. The molecule has 0 saturated heterocycles. The van der Waals surface area contributed by atoms with E-state index in [1.165, 1.54) is 0 Å². The van der Waals surface area contributed by atoms with E-state index in [9.17, 15) is 4.79 Å². The number of carbonyl (C=O) groups is 1. The van der Waals surface area contributed by atoms with Gasteiger partial charge in [0.1, 0.15) is 0 Å². The van der Waals surface area contributed by atoms with Crippen molar-refractivity contribution in [3.63, 3.8) is 0 Å². The van der Waals surface area contributed by atoms with Gasteiger partial charge in [0.2, 0.25) is 5.91 Å². The fourth-order valence-corrected chi connectivity index (χ4v) is 1.75. The van der Waals surface area contributed by atoms with Crippen LogP contribution in [0.15, 0.2) is 17.2 Å². The number of aromatic amines is 1. The molecule has 5 heteroatoms. The summed E-state index contributed by atoms with van der Waals surface area (Å²) in [5, 5.41) is 0. The first-order valence-corrected chi connectivity index (χ1v) is 5.64. The van der Waals surface area contributed by atoms with E-state index in [0.717, 1.165) is 34.4 Å². The lowest BCUT2D eigenvalue weighted by molar-refractivity contribution is -0.118. The number of carbonyl (C=O) groups excluding carboxylic acids is 1. The Balaban J connectivity index is 2.48. The van der Waals surface area contributed by atoms with Gasteiger partial charge in [0.15, 0.2) is 0 Å². The van der Waals surface area contributed by atoms with Gasteiger partial charge in [-0.3, -0.25) is 4.79 Å². The molecule has 0 aromatic carbocycles. The van der Waals surface area contributed by atoms with Crippen LogP contribution in [0.2, 0.25) is 0 Å². The molecular formula is C10H14N2OS2. The molecule has 1 aromatic heterocycles. The second-order valence-electron chi connectivity index (χ2n) is 3.34. The van der Waals surface area contributed by atoms with Crippen molar-refractivity contribution in [2.75, 3.05) is 0 Å². The number of hydrogen-bond acceptors (Lipinski definition) is 3. The first-order chi connectivity index (χ1) is 7.11. The Hall–Kier alpha value is -0.810. The molecule has 0 bridgehead atoms. The molecule has 0 aliphatic carbocycles. The van der Waals surface area contributed by atoms with Gasteiger partial charge >= 0.3 is 0 Å². The molecule has 1 amide bonds. The van der Waals surface area contributed by atoms with Crippen LogP contribution in [0.4, 0.5) is 0 Å². The molecule has 0 aliphatic rings. The van der Waals surface area contributed by atoms with Crippen molar-refractivity contribution in [1.82, 2.24) is 4.98 Å². The molecule has 3 nitrogen and oxygen atoms in total. The van der Waals surface area contributed by atoms with Crippen LogP contribution in [-0.4, -0.2) is 10.9 Å². The third-order valence-corrected chi connectivity index (χ3v) is 3.11. The van der Waals surface area contributed by atoms with Crippen molar-refractivity contribution in [2.24, 2.45) is 5.73 Å². The summed E-state index contributed by atoms with van der Waals surface area (Å²) in [6.45, 7) is 0. The van der Waals surface area contributed by atoms with Gasteiger partial charge in [-0.15, -0.1) is 12.6 Å². The third kappa shape index (κ3) is 4.05. The van der Waals surface area contributed by atoms with Crippen LogP contribution in [0.5, 0.6) is 0 Å². The highest BCUT2D eigenvalue weighted by Crippen LogP contribution is 2.15. The minimum absolute atomic E-state index is 0.248. The number of unbranched alkanes of at least 4 members (excludes halogenated alkanes) is 1. The Labute approximate surface area is 99.5 Å². The maximum atomic E-state index is 10.5. The van der Waals surface area contributed by atoms with Crippen LogP contribution in [0, 0.1) is 4.51 Å². The highest BCUT2D eigenvalue weighted by molar-refractivity contribution is 7.81. The van der Waals surface area contributed by atoms with Gasteiger partial charge in [-0.2, -0.15) is 0 Å². The second-order valence-corrected chi connectivity index (χ2v) is 4.23. The van der Waals surface area contributed by atoms with E-state index < -0.39 is 0 Å². The van der Waals surface area contributed by atoms with Crippen LogP contribution in [-0.2, 0) is 11.2 Å². The second kappa shape index (κ2) is 5.92. The fraction of sp³-hybridized carbons (Fsp3) is 0.400. The number of rotatable bonds is 5. The number of aryl methyl sites for hydroxylation is 1. The predicted octanol–water partition coefficient (Wildman–Crippen LogP) is 2.23. The molecule has 0 aliphatic heterocycles. The minimum atomic E-state index is -0.248. The van der Waals surface area contributed by atoms with Crippen LogP contribution < -0.4 is 5.73 Å². The number of primary amides is 1. The van der Waals surface area contributed by atoms with Gasteiger partial charge in [-0.25, -0.2) is 0 Å². The number of thiol groups is 1. The number of hydrogen-bond donors (Lipinski definition) is 3. The van der Waals surface area contributed by atoms with Gasteiger partial charge in [0.05, 0.1) is 4.51 Å².